The van der Waals surface area contributed by atoms with Crippen LogP contribution in [0.3, 0.4) is 0 Å². The smallest absolute Gasteiger partial charge is 0.144 e. The largest absolute Gasteiger partial charge is 0.487 e. The molecule has 0 unspecified atom stereocenters. The first-order valence-corrected chi connectivity index (χ1v) is 6.80. The Morgan fingerprint density at radius 1 is 0.895 bits per heavy atom. The van der Waals surface area contributed by atoms with Crippen molar-refractivity contribution in [2.75, 3.05) is 5.73 Å². The molecule has 0 amide bonds. The van der Waals surface area contributed by atoms with Gasteiger partial charge in [-0.2, -0.15) is 0 Å². The van der Waals surface area contributed by atoms with Gasteiger partial charge in [-0.15, -0.1) is 0 Å². The van der Waals surface area contributed by atoms with E-state index in [4.69, 9.17) is 56.9 Å². The number of hydrogen-bond donors (Lipinski definition) is 1. The van der Waals surface area contributed by atoms with Gasteiger partial charge in [0.25, 0.3) is 0 Å². The van der Waals surface area contributed by atoms with Crippen LogP contribution in [0.2, 0.25) is 20.1 Å². The summed E-state index contributed by atoms with van der Waals surface area (Å²) in [6, 6.07) is 8.26. The van der Waals surface area contributed by atoms with E-state index in [1.807, 2.05) is 0 Å². The van der Waals surface area contributed by atoms with Crippen molar-refractivity contribution in [2.45, 2.75) is 6.61 Å². The molecule has 2 aromatic rings. The van der Waals surface area contributed by atoms with Crippen LogP contribution in [0.25, 0.3) is 0 Å². The van der Waals surface area contributed by atoms with Crippen molar-refractivity contribution in [3.63, 3.8) is 0 Å². The van der Waals surface area contributed by atoms with Crippen molar-refractivity contribution in [3.8, 4) is 5.75 Å². The molecule has 0 radical (unpaired) electrons. The molecule has 0 bridgehead atoms. The lowest BCUT2D eigenvalue weighted by Gasteiger charge is -2.11. The van der Waals surface area contributed by atoms with Crippen LogP contribution < -0.4 is 10.5 Å². The molecule has 19 heavy (non-hydrogen) atoms. The maximum absolute atomic E-state index is 6.04. The van der Waals surface area contributed by atoms with E-state index in [0.29, 0.717) is 31.5 Å². The SMILES string of the molecule is Nc1cc(Cl)c(Cl)cc1OCc1cc(Cl)ccc1Cl. The zero-order valence-corrected chi connectivity index (χ0v) is 12.6. The van der Waals surface area contributed by atoms with Gasteiger partial charge in [0.05, 0.1) is 15.7 Å². The van der Waals surface area contributed by atoms with Gasteiger partial charge in [-0.1, -0.05) is 46.4 Å². The third-order valence-electron chi connectivity index (χ3n) is 2.44. The second kappa shape index (κ2) is 6.10. The molecule has 0 aromatic heterocycles. The van der Waals surface area contributed by atoms with Crippen LogP contribution in [0.1, 0.15) is 5.56 Å². The minimum Gasteiger partial charge on any atom is -0.487 e. The predicted molar refractivity (Wildman–Crippen MR) is 81.7 cm³/mol. The van der Waals surface area contributed by atoms with E-state index in [1.54, 1.807) is 30.3 Å². The van der Waals surface area contributed by atoms with E-state index < -0.39 is 0 Å². The number of benzene rings is 2. The zero-order valence-electron chi connectivity index (χ0n) is 9.59. The lowest BCUT2D eigenvalue weighted by molar-refractivity contribution is 0.308. The molecule has 0 aliphatic rings. The van der Waals surface area contributed by atoms with Crippen molar-refractivity contribution in [3.05, 3.63) is 56.0 Å². The molecule has 6 heteroatoms. The lowest BCUT2D eigenvalue weighted by Crippen LogP contribution is -1.99. The van der Waals surface area contributed by atoms with E-state index in [0.717, 1.165) is 5.56 Å². The fourth-order valence-electron chi connectivity index (χ4n) is 1.48. The zero-order chi connectivity index (χ0) is 14.0. The van der Waals surface area contributed by atoms with Crippen LogP contribution >= 0.6 is 46.4 Å². The van der Waals surface area contributed by atoms with Crippen LogP contribution in [0.5, 0.6) is 5.75 Å². The van der Waals surface area contributed by atoms with Gasteiger partial charge in [0.15, 0.2) is 0 Å². The standard InChI is InChI=1S/C13H9Cl4NO/c14-8-1-2-9(15)7(3-8)6-19-13-5-11(17)10(16)4-12(13)18/h1-5H,6,18H2. The number of anilines is 1. The van der Waals surface area contributed by atoms with Crippen molar-refractivity contribution >= 4 is 52.1 Å². The number of nitrogens with two attached hydrogens (primary N) is 1. The lowest BCUT2D eigenvalue weighted by atomic mass is 10.2. The molecule has 0 atom stereocenters. The van der Waals surface area contributed by atoms with Crippen LogP contribution in [-0.4, -0.2) is 0 Å². The Kier molecular flexibility index (Phi) is 4.69. The van der Waals surface area contributed by atoms with Crippen molar-refractivity contribution in [1.82, 2.24) is 0 Å². The topological polar surface area (TPSA) is 35.2 Å². The molecule has 2 N–H and O–H groups in total. The van der Waals surface area contributed by atoms with Gasteiger partial charge < -0.3 is 10.5 Å². The molecule has 0 spiro atoms. The second-order valence-electron chi connectivity index (χ2n) is 3.83. The molecule has 0 aliphatic carbocycles. The minimum atomic E-state index is 0.238. The average molecular weight is 337 g/mol. The Morgan fingerprint density at radius 3 is 2.32 bits per heavy atom. The van der Waals surface area contributed by atoms with Crippen LogP contribution in [-0.2, 0) is 6.61 Å². The Morgan fingerprint density at radius 2 is 1.58 bits per heavy atom. The second-order valence-corrected chi connectivity index (χ2v) is 5.49. The molecular formula is C13H9Cl4NO. The predicted octanol–water partition coefficient (Wildman–Crippen LogP) is 5.46. The van der Waals surface area contributed by atoms with Crippen molar-refractivity contribution < 1.29 is 4.74 Å². The summed E-state index contributed by atoms with van der Waals surface area (Å²) in [6.45, 7) is 0.238. The molecule has 2 rings (SSSR count). The van der Waals surface area contributed by atoms with Gasteiger partial charge >= 0.3 is 0 Å². The summed E-state index contributed by atoms with van der Waals surface area (Å²) in [7, 11) is 0. The number of halogens is 4. The quantitative estimate of drug-likeness (QED) is 0.755. The number of hydrogen-bond acceptors (Lipinski definition) is 2. The third-order valence-corrected chi connectivity index (χ3v) is 3.77. The molecule has 0 fully saturated rings. The third kappa shape index (κ3) is 3.61. The maximum Gasteiger partial charge on any atom is 0.144 e. The first kappa shape index (κ1) is 14.6. The summed E-state index contributed by atoms with van der Waals surface area (Å²) in [4.78, 5) is 0. The summed E-state index contributed by atoms with van der Waals surface area (Å²) in [5.41, 5.74) is 6.97. The number of rotatable bonds is 3. The Hall–Kier alpha value is -0.800. The molecule has 2 nitrogen and oxygen atoms in total. The highest BCUT2D eigenvalue weighted by atomic mass is 35.5. The minimum absolute atomic E-state index is 0.238. The fourth-order valence-corrected chi connectivity index (χ4v) is 2.17. The van der Waals surface area contributed by atoms with Crippen molar-refractivity contribution in [1.29, 1.82) is 0 Å². The fraction of sp³-hybridized carbons (Fsp3) is 0.0769. The van der Waals surface area contributed by atoms with Gasteiger partial charge in [-0.3, -0.25) is 0 Å². The summed E-state index contributed by atoms with van der Waals surface area (Å²) in [5, 5.41) is 1.92. The van der Waals surface area contributed by atoms with Gasteiger partial charge in [-0.25, -0.2) is 0 Å². The first-order chi connectivity index (χ1) is 8.97. The molecular weight excluding hydrogens is 328 g/mol. The van der Waals surface area contributed by atoms with Gasteiger partial charge in [-0.05, 0) is 24.3 Å². The van der Waals surface area contributed by atoms with Crippen LogP contribution in [0, 0.1) is 0 Å². The van der Waals surface area contributed by atoms with E-state index in [1.165, 1.54) is 0 Å². The highest BCUT2D eigenvalue weighted by molar-refractivity contribution is 6.42. The van der Waals surface area contributed by atoms with Gasteiger partial charge in [0.2, 0.25) is 0 Å². The molecule has 0 saturated carbocycles. The van der Waals surface area contributed by atoms with Gasteiger partial charge in [0.1, 0.15) is 12.4 Å². The monoisotopic (exact) mass is 335 g/mol. The highest BCUT2D eigenvalue weighted by Gasteiger charge is 2.08. The summed E-state index contributed by atoms with van der Waals surface area (Å²) in [6.07, 6.45) is 0. The van der Waals surface area contributed by atoms with Crippen LogP contribution in [0.4, 0.5) is 5.69 Å². The summed E-state index contributed by atoms with van der Waals surface area (Å²) in [5.74, 6) is 0.449. The van der Waals surface area contributed by atoms with Crippen LogP contribution in [0.15, 0.2) is 30.3 Å². The van der Waals surface area contributed by atoms with E-state index in [-0.39, 0.29) is 6.61 Å². The molecule has 0 heterocycles. The average Bonchev–Trinajstić information content (AvgIpc) is 2.36. The molecule has 0 saturated heterocycles. The highest BCUT2D eigenvalue weighted by Crippen LogP contribution is 2.33. The summed E-state index contributed by atoms with van der Waals surface area (Å²) >= 11 is 23.7. The Balaban J connectivity index is 2.19. The summed E-state index contributed by atoms with van der Waals surface area (Å²) < 4.78 is 5.58. The van der Waals surface area contributed by atoms with E-state index in [2.05, 4.69) is 0 Å². The first-order valence-electron chi connectivity index (χ1n) is 5.28. The Bertz CT molecular complexity index is 616. The molecule has 100 valence electrons. The van der Waals surface area contributed by atoms with Gasteiger partial charge in [0, 0.05) is 21.7 Å². The van der Waals surface area contributed by atoms with Crippen molar-refractivity contribution in [2.24, 2.45) is 0 Å². The van der Waals surface area contributed by atoms with E-state index >= 15 is 0 Å². The Labute approximate surface area is 131 Å². The maximum atomic E-state index is 6.04. The normalized spacial score (nSPS) is 10.5. The molecule has 2 aromatic carbocycles. The number of ether oxygens (including phenoxy) is 1. The molecule has 0 aliphatic heterocycles. The van der Waals surface area contributed by atoms with E-state index in [9.17, 15) is 0 Å². The number of nitrogen functional groups attached to an aromatic ring is 1.